The lowest BCUT2D eigenvalue weighted by Gasteiger charge is -2.09. The number of rotatable bonds is 2. The molecule has 0 atom stereocenters. The summed E-state index contributed by atoms with van der Waals surface area (Å²) in [6.07, 6.45) is 1.00. The van der Waals surface area contributed by atoms with E-state index >= 15 is 0 Å². The van der Waals surface area contributed by atoms with E-state index in [4.69, 9.17) is 0 Å². The summed E-state index contributed by atoms with van der Waals surface area (Å²) in [6, 6.07) is 3.28. The minimum absolute atomic E-state index is 0.0627. The number of fused-ring (bicyclic) bond motifs is 1. The van der Waals surface area contributed by atoms with Crippen LogP contribution in [0.2, 0.25) is 0 Å². The zero-order valence-electron chi connectivity index (χ0n) is 9.28. The van der Waals surface area contributed by atoms with Crippen molar-refractivity contribution in [2.75, 3.05) is 0 Å². The number of nitrogens with zero attached hydrogens (tertiary/aromatic N) is 1. The lowest BCUT2D eigenvalue weighted by molar-refractivity contribution is -0.0501. The molecule has 0 saturated heterocycles. The van der Waals surface area contributed by atoms with Gasteiger partial charge in [-0.3, -0.25) is 0 Å². The predicted molar refractivity (Wildman–Crippen MR) is 65.0 cm³/mol. The van der Waals surface area contributed by atoms with Gasteiger partial charge in [0.25, 0.3) is 0 Å². The van der Waals surface area contributed by atoms with Crippen molar-refractivity contribution in [3.63, 3.8) is 0 Å². The standard InChI is InChI=1S/C10H4BrF4NO3S/c11-9-6-4-16-8(3-5(6)1-2-7(9)12)19-20(17,18)10(13,14)15/h1-4H. The van der Waals surface area contributed by atoms with Crippen molar-refractivity contribution >= 4 is 36.8 Å². The molecule has 0 saturated carbocycles. The van der Waals surface area contributed by atoms with Crippen LogP contribution in [0, 0.1) is 5.82 Å². The maximum Gasteiger partial charge on any atom is 0.534 e. The molecule has 10 heteroatoms. The molecule has 0 aliphatic heterocycles. The highest BCUT2D eigenvalue weighted by molar-refractivity contribution is 9.10. The van der Waals surface area contributed by atoms with Crippen molar-refractivity contribution in [2.45, 2.75) is 5.51 Å². The summed E-state index contributed by atoms with van der Waals surface area (Å²) in [5.74, 6) is -1.34. The van der Waals surface area contributed by atoms with Gasteiger partial charge in [0.05, 0.1) is 4.47 Å². The van der Waals surface area contributed by atoms with E-state index in [-0.39, 0.29) is 15.2 Å². The summed E-state index contributed by atoms with van der Waals surface area (Å²) >= 11 is 2.94. The molecule has 1 aromatic heterocycles. The van der Waals surface area contributed by atoms with Crippen LogP contribution in [0.4, 0.5) is 17.6 Å². The number of benzene rings is 1. The first-order valence-electron chi connectivity index (χ1n) is 4.86. The molecule has 2 rings (SSSR count). The molecular weight excluding hydrogens is 370 g/mol. The Hall–Kier alpha value is -1.42. The van der Waals surface area contributed by atoms with Crippen LogP contribution in [0.1, 0.15) is 0 Å². The van der Waals surface area contributed by atoms with E-state index in [2.05, 4.69) is 25.1 Å². The zero-order chi connectivity index (χ0) is 15.1. The largest absolute Gasteiger partial charge is 0.534 e. The van der Waals surface area contributed by atoms with Gasteiger partial charge < -0.3 is 4.18 Å². The van der Waals surface area contributed by atoms with Crippen LogP contribution in [0.15, 0.2) is 28.9 Å². The fourth-order valence-electron chi connectivity index (χ4n) is 1.34. The second-order valence-corrected chi connectivity index (χ2v) is 5.92. The van der Waals surface area contributed by atoms with Crippen LogP contribution in [-0.2, 0) is 10.1 Å². The minimum atomic E-state index is -5.79. The summed E-state index contributed by atoms with van der Waals surface area (Å²) in [7, 11) is -5.79. The molecule has 0 unspecified atom stereocenters. The van der Waals surface area contributed by atoms with E-state index in [0.29, 0.717) is 0 Å². The molecule has 0 aliphatic rings. The van der Waals surface area contributed by atoms with Gasteiger partial charge >= 0.3 is 15.6 Å². The maximum absolute atomic E-state index is 13.2. The summed E-state index contributed by atoms with van der Waals surface area (Å²) in [4.78, 5) is 3.41. The highest BCUT2D eigenvalue weighted by atomic mass is 79.9. The maximum atomic E-state index is 13.2. The van der Waals surface area contributed by atoms with Crippen LogP contribution in [-0.4, -0.2) is 18.9 Å². The third-order valence-electron chi connectivity index (χ3n) is 2.24. The lowest BCUT2D eigenvalue weighted by Crippen LogP contribution is -2.28. The number of aromatic nitrogens is 1. The van der Waals surface area contributed by atoms with E-state index in [9.17, 15) is 26.0 Å². The fraction of sp³-hybridized carbons (Fsp3) is 0.100. The van der Waals surface area contributed by atoms with Crippen molar-refractivity contribution in [3.05, 3.63) is 34.7 Å². The quantitative estimate of drug-likeness (QED) is 0.460. The summed E-state index contributed by atoms with van der Waals surface area (Å²) < 4.78 is 75.3. The monoisotopic (exact) mass is 373 g/mol. The number of halogens is 5. The molecule has 0 fully saturated rings. The third-order valence-corrected chi connectivity index (χ3v) is 4.01. The molecule has 4 nitrogen and oxygen atoms in total. The van der Waals surface area contributed by atoms with E-state index in [1.807, 2.05) is 0 Å². The summed E-state index contributed by atoms with van der Waals surface area (Å²) in [5, 5.41) is 0.530. The molecule has 0 N–H and O–H groups in total. The Morgan fingerprint density at radius 2 is 1.90 bits per heavy atom. The van der Waals surface area contributed by atoms with Crippen LogP contribution in [0.5, 0.6) is 5.88 Å². The summed E-state index contributed by atoms with van der Waals surface area (Å²) in [5.41, 5.74) is -5.55. The fourth-order valence-corrected chi connectivity index (χ4v) is 2.22. The van der Waals surface area contributed by atoms with Crippen molar-refractivity contribution in [2.24, 2.45) is 0 Å². The average Bonchev–Trinajstić information content (AvgIpc) is 2.32. The van der Waals surface area contributed by atoms with Crippen LogP contribution >= 0.6 is 15.9 Å². The Labute approximate surface area is 118 Å². The van der Waals surface area contributed by atoms with E-state index in [0.717, 1.165) is 18.3 Å². The SMILES string of the molecule is O=S(=O)(Oc1cc2ccc(F)c(Br)c2cn1)C(F)(F)F. The highest BCUT2D eigenvalue weighted by Gasteiger charge is 2.48. The van der Waals surface area contributed by atoms with Crippen molar-refractivity contribution in [1.82, 2.24) is 4.98 Å². The van der Waals surface area contributed by atoms with Crippen LogP contribution in [0.25, 0.3) is 10.8 Å². The number of hydrogen-bond acceptors (Lipinski definition) is 4. The van der Waals surface area contributed by atoms with E-state index in [1.165, 1.54) is 6.07 Å². The topological polar surface area (TPSA) is 56.3 Å². The number of hydrogen-bond donors (Lipinski definition) is 0. The molecular formula is C10H4BrF4NO3S. The molecule has 0 aliphatic carbocycles. The highest BCUT2D eigenvalue weighted by Crippen LogP contribution is 2.30. The Morgan fingerprint density at radius 3 is 2.50 bits per heavy atom. The predicted octanol–water partition coefficient (Wildman–Crippen LogP) is 3.36. The van der Waals surface area contributed by atoms with Crippen LogP contribution in [0.3, 0.4) is 0 Å². The number of alkyl halides is 3. The van der Waals surface area contributed by atoms with Gasteiger partial charge in [-0.25, -0.2) is 9.37 Å². The first-order valence-corrected chi connectivity index (χ1v) is 7.06. The van der Waals surface area contributed by atoms with Crippen LogP contribution < -0.4 is 4.18 Å². The van der Waals surface area contributed by atoms with Gasteiger partial charge in [0.2, 0.25) is 5.88 Å². The van der Waals surface area contributed by atoms with Gasteiger partial charge in [-0.15, -0.1) is 0 Å². The molecule has 108 valence electrons. The molecule has 1 heterocycles. The molecule has 2 aromatic rings. The molecule has 0 bridgehead atoms. The normalized spacial score (nSPS) is 12.7. The smallest absolute Gasteiger partial charge is 0.355 e. The third kappa shape index (κ3) is 2.70. The molecule has 0 spiro atoms. The van der Waals surface area contributed by atoms with Crippen molar-refractivity contribution in [1.29, 1.82) is 0 Å². The van der Waals surface area contributed by atoms with Gasteiger partial charge in [-0.1, -0.05) is 6.07 Å². The van der Waals surface area contributed by atoms with E-state index < -0.39 is 27.3 Å². The second-order valence-electron chi connectivity index (χ2n) is 3.59. The van der Waals surface area contributed by atoms with Gasteiger partial charge in [-0.05, 0) is 27.4 Å². The molecule has 0 amide bonds. The first-order chi connectivity index (χ1) is 9.12. The summed E-state index contributed by atoms with van der Waals surface area (Å²) in [6.45, 7) is 0. The Morgan fingerprint density at radius 1 is 1.25 bits per heavy atom. The van der Waals surface area contributed by atoms with Gasteiger partial charge in [-0.2, -0.15) is 21.6 Å². The van der Waals surface area contributed by atoms with Gasteiger partial charge in [0.15, 0.2) is 0 Å². The van der Waals surface area contributed by atoms with Gasteiger partial charge in [0, 0.05) is 17.6 Å². The zero-order valence-corrected chi connectivity index (χ0v) is 11.7. The number of pyridine rings is 1. The first kappa shape index (κ1) is 15.0. The molecule has 1 aromatic carbocycles. The Kier molecular flexibility index (Phi) is 3.63. The van der Waals surface area contributed by atoms with Gasteiger partial charge in [0.1, 0.15) is 5.82 Å². The minimum Gasteiger partial charge on any atom is -0.355 e. The lowest BCUT2D eigenvalue weighted by atomic mass is 10.2. The van der Waals surface area contributed by atoms with E-state index in [1.54, 1.807) is 0 Å². The Balaban J connectivity index is 2.47. The van der Waals surface area contributed by atoms with Crippen molar-refractivity contribution in [3.8, 4) is 5.88 Å². The average molecular weight is 374 g/mol. The molecule has 0 radical (unpaired) electrons. The van der Waals surface area contributed by atoms with Crippen molar-refractivity contribution < 1.29 is 30.2 Å². The molecule has 20 heavy (non-hydrogen) atoms. The second kappa shape index (κ2) is 4.85. The Bertz CT molecular complexity index is 776.